The monoisotopic (exact) mass is 214 g/mol. The van der Waals surface area contributed by atoms with Crippen LogP contribution in [0.5, 0.6) is 0 Å². The van der Waals surface area contributed by atoms with Crippen LogP contribution in [-0.4, -0.2) is 9.97 Å². The first-order chi connectivity index (χ1) is 7.59. The van der Waals surface area contributed by atoms with E-state index in [2.05, 4.69) is 44.8 Å². The van der Waals surface area contributed by atoms with Gasteiger partial charge in [-0.25, -0.2) is 4.98 Å². The summed E-state index contributed by atoms with van der Waals surface area (Å²) in [5.74, 6) is 0.914. The Balaban J connectivity index is 2.68. The Hall–Kier alpha value is -1.44. The van der Waals surface area contributed by atoms with Gasteiger partial charge in [0.15, 0.2) is 0 Å². The normalized spacial score (nSPS) is 11.6. The Morgan fingerprint density at radius 3 is 2.38 bits per heavy atom. The Morgan fingerprint density at radius 1 is 1.00 bits per heavy atom. The predicted molar refractivity (Wildman–Crippen MR) is 67.7 cm³/mol. The minimum atomic E-state index is 0.428. The summed E-state index contributed by atoms with van der Waals surface area (Å²) in [6.45, 7) is 8.68. The minimum absolute atomic E-state index is 0.428. The van der Waals surface area contributed by atoms with Crippen molar-refractivity contribution in [3.63, 3.8) is 0 Å². The molecule has 84 valence electrons. The molecule has 2 rings (SSSR count). The molecule has 0 aliphatic carbocycles. The number of para-hydroxylation sites is 1. The second-order valence-corrected chi connectivity index (χ2v) is 4.82. The molecular formula is C14H18N2. The van der Waals surface area contributed by atoms with Crippen LogP contribution >= 0.6 is 0 Å². The highest BCUT2D eigenvalue weighted by molar-refractivity contribution is 5.78. The Labute approximate surface area is 96.7 Å². The highest BCUT2D eigenvalue weighted by atomic mass is 14.8. The van der Waals surface area contributed by atoms with Gasteiger partial charge in [0.1, 0.15) is 0 Å². The second kappa shape index (κ2) is 4.20. The lowest BCUT2D eigenvalue weighted by Gasteiger charge is -2.11. The van der Waals surface area contributed by atoms with Crippen molar-refractivity contribution in [3.8, 4) is 0 Å². The maximum atomic E-state index is 4.73. The molecule has 0 unspecified atom stereocenters. The molecule has 0 N–H and O–H groups in total. The molecule has 0 atom stereocenters. The van der Waals surface area contributed by atoms with Crippen molar-refractivity contribution in [2.75, 3.05) is 0 Å². The summed E-state index contributed by atoms with van der Waals surface area (Å²) in [5.41, 5.74) is 4.41. The third-order valence-corrected chi connectivity index (χ3v) is 2.84. The molecule has 2 heteroatoms. The van der Waals surface area contributed by atoms with Gasteiger partial charge in [-0.15, -0.1) is 0 Å². The quantitative estimate of drug-likeness (QED) is 0.758. The van der Waals surface area contributed by atoms with Crippen LogP contribution in [0.15, 0.2) is 24.4 Å². The Morgan fingerprint density at radius 2 is 1.75 bits per heavy atom. The first-order valence-electron chi connectivity index (χ1n) is 5.85. The molecule has 1 aromatic carbocycles. The van der Waals surface area contributed by atoms with Crippen molar-refractivity contribution >= 4 is 11.0 Å². The van der Waals surface area contributed by atoms with E-state index < -0.39 is 0 Å². The summed E-state index contributed by atoms with van der Waals surface area (Å²) in [5, 5.41) is 0. The summed E-state index contributed by atoms with van der Waals surface area (Å²) < 4.78 is 0. The van der Waals surface area contributed by atoms with E-state index in [9.17, 15) is 0 Å². The van der Waals surface area contributed by atoms with Gasteiger partial charge in [0.2, 0.25) is 0 Å². The van der Waals surface area contributed by atoms with Crippen LogP contribution in [0.3, 0.4) is 0 Å². The van der Waals surface area contributed by atoms with E-state index in [4.69, 9.17) is 4.98 Å². The number of hydrogen-bond acceptors (Lipinski definition) is 2. The molecule has 2 aromatic rings. The lowest BCUT2D eigenvalue weighted by molar-refractivity contribution is 0.815. The molecule has 0 spiro atoms. The minimum Gasteiger partial charge on any atom is -0.253 e. The molecule has 16 heavy (non-hydrogen) atoms. The third-order valence-electron chi connectivity index (χ3n) is 2.84. The van der Waals surface area contributed by atoms with Gasteiger partial charge < -0.3 is 0 Å². The van der Waals surface area contributed by atoms with Gasteiger partial charge in [-0.3, -0.25) is 4.98 Å². The summed E-state index contributed by atoms with van der Waals surface area (Å²) in [6.07, 6.45) is 1.89. The first kappa shape index (κ1) is 11.1. The van der Waals surface area contributed by atoms with E-state index >= 15 is 0 Å². The standard InChI is InChI=1S/C14H18N2/c1-9(2)11-6-5-7-12-14(11)16-13(8-15-12)10(3)4/h5-10H,1-4H3. The largest absolute Gasteiger partial charge is 0.253 e. The Bertz CT molecular complexity index is 501. The van der Waals surface area contributed by atoms with Gasteiger partial charge in [0.05, 0.1) is 16.7 Å². The van der Waals surface area contributed by atoms with E-state index in [-0.39, 0.29) is 0 Å². The van der Waals surface area contributed by atoms with Crippen LogP contribution in [0.1, 0.15) is 50.8 Å². The Kier molecular flexibility index (Phi) is 2.90. The highest BCUT2D eigenvalue weighted by Crippen LogP contribution is 2.24. The molecule has 0 saturated carbocycles. The molecule has 1 aromatic heterocycles. The fourth-order valence-electron chi connectivity index (χ4n) is 1.81. The molecule has 0 aliphatic rings. The van der Waals surface area contributed by atoms with Crippen molar-refractivity contribution in [1.82, 2.24) is 9.97 Å². The summed E-state index contributed by atoms with van der Waals surface area (Å²) in [6, 6.07) is 6.23. The van der Waals surface area contributed by atoms with Crippen LogP contribution in [0, 0.1) is 0 Å². The van der Waals surface area contributed by atoms with Gasteiger partial charge in [0, 0.05) is 6.20 Å². The van der Waals surface area contributed by atoms with E-state index in [1.165, 1.54) is 5.56 Å². The zero-order valence-corrected chi connectivity index (χ0v) is 10.4. The lowest BCUT2D eigenvalue weighted by Crippen LogP contribution is -1.98. The molecule has 0 aliphatic heterocycles. The molecule has 1 heterocycles. The van der Waals surface area contributed by atoms with E-state index in [1.54, 1.807) is 0 Å². The smallest absolute Gasteiger partial charge is 0.0924 e. The van der Waals surface area contributed by atoms with Gasteiger partial charge in [-0.05, 0) is 23.5 Å². The molecule has 0 radical (unpaired) electrons. The fourth-order valence-corrected chi connectivity index (χ4v) is 1.81. The zero-order chi connectivity index (χ0) is 11.7. The maximum absolute atomic E-state index is 4.73. The summed E-state index contributed by atoms with van der Waals surface area (Å²) >= 11 is 0. The molecule has 0 saturated heterocycles. The van der Waals surface area contributed by atoms with Crippen molar-refractivity contribution in [1.29, 1.82) is 0 Å². The van der Waals surface area contributed by atoms with Gasteiger partial charge in [-0.2, -0.15) is 0 Å². The van der Waals surface area contributed by atoms with Gasteiger partial charge in [-0.1, -0.05) is 39.8 Å². The maximum Gasteiger partial charge on any atom is 0.0924 e. The number of fused-ring (bicyclic) bond motifs is 1. The van der Waals surface area contributed by atoms with Gasteiger partial charge in [0.25, 0.3) is 0 Å². The predicted octanol–water partition coefficient (Wildman–Crippen LogP) is 3.88. The van der Waals surface area contributed by atoms with Crippen LogP contribution in [0.25, 0.3) is 11.0 Å². The molecule has 0 amide bonds. The summed E-state index contributed by atoms with van der Waals surface area (Å²) in [4.78, 5) is 9.22. The SMILES string of the molecule is CC(C)c1cnc2cccc(C(C)C)c2n1. The first-order valence-corrected chi connectivity index (χ1v) is 5.85. The van der Waals surface area contributed by atoms with Gasteiger partial charge >= 0.3 is 0 Å². The van der Waals surface area contributed by atoms with E-state index in [0.717, 1.165) is 16.7 Å². The van der Waals surface area contributed by atoms with Crippen molar-refractivity contribution < 1.29 is 0 Å². The van der Waals surface area contributed by atoms with E-state index in [0.29, 0.717) is 11.8 Å². The van der Waals surface area contributed by atoms with Crippen molar-refractivity contribution in [2.45, 2.75) is 39.5 Å². The molecule has 0 bridgehead atoms. The number of hydrogen-bond donors (Lipinski definition) is 0. The van der Waals surface area contributed by atoms with Crippen molar-refractivity contribution in [3.05, 3.63) is 35.7 Å². The van der Waals surface area contributed by atoms with Crippen molar-refractivity contribution in [2.24, 2.45) is 0 Å². The number of aromatic nitrogens is 2. The second-order valence-electron chi connectivity index (χ2n) is 4.82. The fraction of sp³-hybridized carbons (Fsp3) is 0.429. The third kappa shape index (κ3) is 1.92. The lowest BCUT2D eigenvalue weighted by atomic mass is 10.0. The van der Waals surface area contributed by atoms with E-state index in [1.807, 2.05) is 12.3 Å². The topological polar surface area (TPSA) is 25.8 Å². The van der Waals surface area contributed by atoms with Crippen LogP contribution in [0.4, 0.5) is 0 Å². The average molecular weight is 214 g/mol. The molecular weight excluding hydrogens is 196 g/mol. The molecule has 2 nitrogen and oxygen atoms in total. The number of nitrogens with zero attached hydrogens (tertiary/aromatic N) is 2. The van der Waals surface area contributed by atoms with Crippen LogP contribution < -0.4 is 0 Å². The molecule has 0 fully saturated rings. The zero-order valence-electron chi connectivity index (χ0n) is 10.4. The number of benzene rings is 1. The van der Waals surface area contributed by atoms with Crippen LogP contribution in [0.2, 0.25) is 0 Å². The highest BCUT2D eigenvalue weighted by Gasteiger charge is 2.09. The average Bonchev–Trinajstić information content (AvgIpc) is 2.27. The van der Waals surface area contributed by atoms with Crippen LogP contribution in [-0.2, 0) is 0 Å². The number of rotatable bonds is 2. The summed E-state index contributed by atoms with van der Waals surface area (Å²) in [7, 11) is 0.